The van der Waals surface area contributed by atoms with E-state index in [-0.39, 0.29) is 4.21 Å². The zero-order valence-corrected chi connectivity index (χ0v) is 18.5. The summed E-state index contributed by atoms with van der Waals surface area (Å²) in [5.41, 5.74) is 1.97. The van der Waals surface area contributed by atoms with Gasteiger partial charge in [0, 0.05) is 13.6 Å². The molecule has 1 aliphatic rings. The highest BCUT2D eigenvalue weighted by molar-refractivity contribution is 7.91. The highest BCUT2D eigenvalue weighted by atomic mass is 35.5. The third kappa shape index (κ3) is 3.25. The van der Waals surface area contributed by atoms with Crippen molar-refractivity contribution >= 4 is 60.4 Å². The molecule has 1 aliphatic heterocycles. The van der Waals surface area contributed by atoms with Crippen LogP contribution in [0.5, 0.6) is 0 Å². The number of sulfonamides is 1. The van der Waals surface area contributed by atoms with E-state index in [0.717, 1.165) is 27.1 Å². The summed E-state index contributed by atoms with van der Waals surface area (Å²) in [6, 6.07) is 6.24. The molecule has 1 saturated heterocycles. The fourth-order valence-corrected chi connectivity index (χ4v) is 7.63. The second kappa shape index (κ2) is 7.38. The lowest BCUT2D eigenvalue weighted by molar-refractivity contribution is -0.121. The van der Waals surface area contributed by atoms with E-state index in [2.05, 4.69) is 4.99 Å². The minimum Gasteiger partial charge on any atom is -0.319 e. The van der Waals surface area contributed by atoms with E-state index in [0.29, 0.717) is 29.2 Å². The Morgan fingerprint density at radius 2 is 2.11 bits per heavy atom. The van der Waals surface area contributed by atoms with Crippen LogP contribution in [0.1, 0.15) is 18.4 Å². The third-order valence-electron chi connectivity index (χ3n) is 4.85. The van der Waals surface area contributed by atoms with Crippen LogP contribution in [0.3, 0.4) is 0 Å². The molecule has 3 aromatic rings. The molecular weight excluding hydrogens is 438 g/mol. The Labute approximate surface area is 175 Å². The molecule has 0 aliphatic carbocycles. The molecule has 10 heteroatoms. The van der Waals surface area contributed by atoms with Crippen LogP contribution in [-0.4, -0.2) is 35.8 Å². The fourth-order valence-electron chi connectivity index (χ4n) is 3.48. The molecule has 4 rings (SSSR count). The standard InChI is InChI=1S/C18H18ClN3O3S3/c1-11-7-8-12(19)16-15(11)21(2)18(27-16)20-17(23)13-5-3-9-22(13)28(24,25)14-6-4-10-26-14/h4,6-8,10,13H,3,5,9H2,1-2H3. The molecule has 0 bridgehead atoms. The molecule has 28 heavy (non-hydrogen) atoms. The molecule has 0 N–H and O–H groups in total. The van der Waals surface area contributed by atoms with Crippen LogP contribution < -0.4 is 4.80 Å². The molecule has 0 spiro atoms. The number of thiophene rings is 1. The summed E-state index contributed by atoms with van der Waals surface area (Å²) in [5.74, 6) is -0.437. The van der Waals surface area contributed by atoms with Gasteiger partial charge in [-0.2, -0.15) is 9.30 Å². The molecule has 0 saturated carbocycles. The summed E-state index contributed by atoms with van der Waals surface area (Å²) >= 11 is 8.79. The predicted molar refractivity (Wildman–Crippen MR) is 112 cm³/mol. The van der Waals surface area contributed by atoms with Crippen molar-refractivity contribution in [3.8, 4) is 0 Å². The second-order valence-corrected chi connectivity index (χ2v) is 11.1. The van der Waals surface area contributed by atoms with E-state index in [1.54, 1.807) is 17.5 Å². The van der Waals surface area contributed by atoms with Crippen LogP contribution in [0.2, 0.25) is 5.02 Å². The Kier molecular flexibility index (Phi) is 5.22. The lowest BCUT2D eigenvalue weighted by Gasteiger charge is -2.20. The number of carbonyl (C=O) groups excluding carboxylic acids is 1. The van der Waals surface area contributed by atoms with E-state index < -0.39 is 22.0 Å². The molecule has 6 nitrogen and oxygen atoms in total. The first-order valence-electron chi connectivity index (χ1n) is 8.69. The van der Waals surface area contributed by atoms with Crippen molar-refractivity contribution in [3.63, 3.8) is 0 Å². The number of hydrogen-bond acceptors (Lipinski definition) is 5. The lowest BCUT2D eigenvalue weighted by Crippen LogP contribution is -2.40. The van der Waals surface area contributed by atoms with Crippen molar-refractivity contribution < 1.29 is 13.2 Å². The van der Waals surface area contributed by atoms with Crippen LogP contribution in [0.15, 0.2) is 38.8 Å². The number of nitrogens with zero attached hydrogens (tertiary/aromatic N) is 3. The number of halogens is 1. The van der Waals surface area contributed by atoms with E-state index in [4.69, 9.17) is 11.6 Å². The van der Waals surface area contributed by atoms with Crippen LogP contribution in [-0.2, 0) is 21.9 Å². The number of benzene rings is 1. The van der Waals surface area contributed by atoms with Gasteiger partial charge in [0.05, 0.1) is 15.2 Å². The Bertz CT molecular complexity index is 1230. The molecule has 1 unspecified atom stereocenters. The summed E-state index contributed by atoms with van der Waals surface area (Å²) in [5, 5.41) is 2.32. The Morgan fingerprint density at radius 3 is 2.79 bits per heavy atom. The van der Waals surface area contributed by atoms with Gasteiger partial charge in [0.15, 0.2) is 4.80 Å². The molecule has 2 aromatic heterocycles. The van der Waals surface area contributed by atoms with Gasteiger partial charge >= 0.3 is 0 Å². The normalized spacial score (nSPS) is 19.0. The number of aromatic nitrogens is 1. The number of hydrogen-bond donors (Lipinski definition) is 0. The van der Waals surface area contributed by atoms with E-state index in [9.17, 15) is 13.2 Å². The number of thiazole rings is 1. The van der Waals surface area contributed by atoms with Crippen LogP contribution in [0, 0.1) is 6.92 Å². The third-order valence-corrected chi connectivity index (χ3v) is 9.73. The molecule has 3 heterocycles. The SMILES string of the molecule is Cc1ccc(Cl)c2sc(=NC(=O)C3CCCN3S(=O)(=O)c3cccs3)n(C)c12. The van der Waals surface area contributed by atoms with Gasteiger partial charge in [-0.15, -0.1) is 11.3 Å². The number of amides is 1. The Hall–Kier alpha value is -1.52. The maximum absolute atomic E-state index is 12.9. The largest absolute Gasteiger partial charge is 0.319 e. The molecule has 1 aromatic carbocycles. The Balaban J connectivity index is 1.74. The van der Waals surface area contributed by atoms with E-state index in [1.807, 2.05) is 30.7 Å². The van der Waals surface area contributed by atoms with Gasteiger partial charge in [-0.25, -0.2) is 8.42 Å². The first-order valence-corrected chi connectivity index (χ1v) is 12.2. The average molecular weight is 456 g/mol. The summed E-state index contributed by atoms with van der Waals surface area (Å²) in [6.07, 6.45) is 1.11. The van der Waals surface area contributed by atoms with E-state index >= 15 is 0 Å². The summed E-state index contributed by atoms with van der Waals surface area (Å²) in [6.45, 7) is 2.30. The first kappa shape index (κ1) is 19.8. The van der Waals surface area contributed by atoms with Gasteiger partial charge < -0.3 is 4.57 Å². The van der Waals surface area contributed by atoms with Gasteiger partial charge in [0.25, 0.3) is 15.9 Å². The second-order valence-electron chi connectivity index (χ2n) is 6.64. The predicted octanol–water partition coefficient (Wildman–Crippen LogP) is 3.54. The summed E-state index contributed by atoms with van der Waals surface area (Å²) < 4.78 is 30.0. The number of fused-ring (bicyclic) bond motifs is 1. The van der Waals surface area contributed by atoms with Gasteiger partial charge in [-0.1, -0.05) is 35.1 Å². The summed E-state index contributed by atoms with van der Waals surface area (Å²) in [4.78, 5) is 17.7. The number of rotatable bonds is 3. The highest BCUT2D eigenvalue weighted by Crippen LogP contribution is 2.30. The fraction of sp³-hybridized carbons (Fsp3) is 0.333. The van der Waals surface area contributed by atoms with Crippen molar-refractivity contribution in [2.24, 2.45) is 12.0 Å². The monoisotopic (exact) mass is 455 g/mol. The van der Waals surface area contributed by atoms with Crippen molar-refractivity contribution in [3.05, 3.63) is 45.0 Å². The minimum absolute atomic E-state index is 0.252. The van der Waals surface area contributed by atoms with Gasteiger partial charge in [-0.05, 0) is 42.8 Å². The number of aryl methyl sites for hydroxylation is 2. The quantitative estimate of drug-likeness (QED) is 0.606. The first-order chi connectivity index (χ1) is 13.3. The van der Waals surface area contributed by atoms with Gasteiger partial charge in [-0.3, -0.25) is 4.79 Å². The van der Waals surface area contributed by atoms with E-state index in [1.165, 1.54) is 15.6 Å². The van der Waals surface area contributed by atoms with Crippen molar-refractivity contribution in [2.45, 2.75) is 30.0 Å². The maximum Gasteiger partial charge on any atom is 0.266 e. The molecule has 1 fully saturated rings. The van der Waals surface area contributed by atoms with Crippen molar-refractivity contribution in [2.75, 3.05) is 6.54 Å². The zero-order valence-electron chi connectivity index (χ0n) is 15.3. The molecule has 1 amide bonds. The maximum atomic E-state index is 12.9. The lowest BCUT2D eigenvalue weighted by atomic mass is 10.2. The van der Waals surface area contributed by atoms with Crippen LogP contribution in [0.4, 0.5) is 0 Å². The van der Waals surface area contributed by atoms with Crippen LogP contribution >= 0.6 is 34.3 Å². The topological polar surface area (TPSA) is 71.7 Å². The molecule has 1 atom stereocenters. The molecule has 148 valence electrons. The minimum atomic E-state index is -3.68. The highest BCUT2D eigenvalue weighted by Gasteiger charge is 2.39. The summed E-state index contributed by atoms with van der Waals surface area (Å²) in [7, 11) is -1.85. The van der Waals surface area contributed by atoms with Gasteiger partial charge in [0.1, 0.15) is 10.3 Å². The zero-order chi connectivity index (χ0) is 20.1. The van der Waals surface area contributed by atoms with Gasteiger partial charge in [0.2, 0.25) is 0 Å². The number of carbonyl (C=O) groups is 1. The molecule has 0 radical (unpaired) electrons. The molecular formula is C18H18ClN3O3S3. The van der Waals surface area contributed by atoms with Crippen molar-refractivity contribution in [1.29, 1.82) is 0 Å². The van der Waals surface area contributed by atoms with Crippen LogP contribution in [0.25, 0.3) is 10.2 Å². The average Bonchev–Trinajstić information content (AvgIpc) is 3.39. The van der Waals surface area contributed by atoms with Crippen molar-refractivity contribution in [1.82, 2.24) is 8.87 Å². The smallest absolute Gasteiger partial charge is 0.266 e. The Morgan fingerprint density at radius 1 is 1.32 bits per heavy atom.